The average Bonchev–Trinajstić information content (AvgIpc) is 1.88. The lowest BCUT2D eigenvalue weighted by atomic mass is 10.2. The molecular weight excluding hydrogens is 160 g/mol. The highest BCUT2D eigenvalue weighted by molar-refractivity contribution is 8.01. The molecule has 2 nitrogen and oxygen atoms in total. The fourth-order valence-electron chi connectivity index (χ4n) is 0.459. The van der Waals surface area contributed by atoms with E-state index in [4.69, 9.17) is 5.11 Å². The lowest BCUT2D eigenvalue weighted by Crippen LogP contribution is -2.27. The Kier molecular flexibility index (Phi) is 4.26. The van der Waals surface area contributed by atoms with Crippen LogP contribution in [0.1, 0.15) is 20.3 Å². The first-order valence-corrected chi connectivity index (χ1v) is 4.47. The van der Waals surface area contributed by atoms with Crippen molar-refractivity contribution in [1.29, 1.82) is 0 Å². The molecule has 0 aromatic rings. The van der Waals surface area contributed by atoms with Gasteiger partial charge in [-0.2, -0.15) is 0 Å². The number of allylic oxidation sites excluding steroid dienone is 1. The molecule has 0 fully saturated rings. The normalized spacial score (nSPS) is 11.1. The van der Waals surface area contributed by atoms with Crippen molar-refractivity contribution in [3.05, 3.63) is 12.7 Å². The zero-order valence-corrected chi connectivity index (χ0v) is 7.78. The number of carbonyl (C=O) groups is 1. The number of hydrogen-bond acceptors (Lipinski definition) is 2. The van der Waals surface area contributed by atoms with E-state index in [2.05, 4.69) is 6.58 Å². The van der Waals surface area contributed by atoms with Crippen molar-refractivity contribution in [3.63, 3.8) is 0 Å². The van der Waals surface area contributed by atoms with Crippen LogP contribution >= 0.6 is 11.8 Å². The molecule has 0 saturated heterocycles. The molecule has 0 amide bonds. The molecule has 0 bridgehead atoms. The molecule has 0 aliphatic carbocycles. The molecule has 0 spiro atoms. The van der Waals surface area contributed by atoms with Gasteiger partial charge in [0.05, 0.1) is 0 Å². The van der Waals surface area contributed by atoms with Gasteiger partial charge in [0.25, 0.3) is 0 Å². The molecule has 0 unspecified atom stereocenters. The van der Waals surface area contributed by atoms with Crippen molar-refractivity contribution >= 4 is 17.7 Å². The van der Waals surface area contributed by atoms with Gasteiger partial charge >= 0.3 is 5.97 Å². The van der Waals surface area contributed by atoms with Gasteiger partial charge in [-0.3, -0.25) is 4.79 Å². The van der Waals surface area contributed by atoms with E-state index in [1.165, 1.54) is 11.8 Å². The summed E-state index contributed by atoms with van der Waals surface area (Å²) >= 11 is 1.44. The molecule has 0 radical (unpaired) electrons. The van der Waals surface area contributed by atoms with Crippen molar-refractivity contribution in [2.75, 3.05) is 5.75 Å². The maximum Gasteiger partial charge on any atom is 0.319 e. The van der Waals surface area contributed by atoms with Gasteiger partial charge in [0.2, 0.25) is 0 Å². The van der Waals surface area contributed by atoms with Crippen LogP contribution in [-0.2, 0) is 4.79 Å². The zero-order chi connectivity index (χ0) is 8.91. The zero-order valence-electron chi connectivity index (χ0n) is 6.96. The van der Waals surface area contributed by atoms with Crippen LogP contribution in [0.25, 0.3) is 0 Å². The van der Waals surface area contributed by atoms with Gasteiger partial charge in [0.1, 0.15) is 4.75 Å². The van der Waals surface area contributed by atoms with Gasteiger partial charge in [-0.1, -0.05) is 6.08 Å². The van der Waals surface area contributed by atoms with E-state index in [0.717, 1.165) is 12.2 Å². The van der Waals surface area contributed by atoms with Crippen LogP contribution in [0.2, 0.25) is 0 Å². The van der Waals surface area contributed by atoms with Crippen molar-refractivity contribution in [2.24, 2.45) is 0 Å². The Labute approximate surface area is 71.7 Å². The van der Waals surface area contributed by atoms with E-state index in [9.17, 15) is 4.79 Å². The lowest BCUT2D eigenvalue weighted by Gasteiger charge is -2.17. The Morgan fingerprint density at radius 3 is 2.64 bits per heavy atom. The second-order valence-corrected chi connectivity index (χ2v) is 4.46. The van der Waals surface area contributed by atoms with Gasteiger partial charge in [-0.15, -0.1) is 18.3 Å². The molecule has 64 valence electrons. The number of aliphatic carboxylic acids is 1. The van der Waals surface area contributed by atoms with E-state index < -0.39 is 10.7 Å². The van der Waals surface area contributed by atoms with Gasteiger partial charge in [0.15, 0.2) is 0 Å². The molecular formula is C8H14O2S. The van der Waals surface area contributed by atoms with Gasteiger partial charge in [0, 0.05) is 0 Å². The smallest absolute Gasteiger partial charge is 0.319 e. The maximum atomic E-state index is 10.6. The third kappa shape index (κ3) is 4.09. The van der Waals surface area contributed by atoms with Crippen LogP contribution in [0.4, 0.5) is 0 Å². The summed E-state index contributed by atoms with van der Waals surface area (Å²) in [5.41, 5.74) is 0. The number of carboxylic acids is 1. The van der Waals surface area contributed by atoms with Crippen LogP contribution in [0.3, 0.4) is 0 Å². The predicted octanol–water partition coefficient (Wildman–Crippen LogP) is 2.16. The lowest BCUT2D eigenvalue weighted by molar-refractivity contribution is -0.138. The van der Waals surface area contributed by atoms with Crippen LogP contribution < -0.4 is 0 Å². The number of hydrogen-bond donors (Lipinski definition) is 1. The molecule has 3 heteroatoms. The number of carboxylic acid groups (broad SMARTS) is 1. The minimum absolute atomic E-state index is 0.664. The van der Waals surface area contributed by atoms with Crippen LogP contribution in [-0.4, -0.2) is 21.6 Å². The first-order valence-electron chi connectivity index (χ1n) is 3.49. The van der Waals surface area contributed by atoms with E-state index in [-0.39, 0.29) is 0 Å². The molecule has 0 saturated carbocycles. The monoisotopic (exact) mass is 174 g/mol. The Balaban J connectivity index is 3.72. The molecule has 0 atom stereocenters. The van der Waals surface area contributed by atoms with Crippen molar-refractivity contribution < 1.29 is 9.90 Å². The summed E-state index contributed by atoms with van der Waals surface area (Å²) in [5.74, 6) is 0.0644. The van der Waals surface area contributed by atoms with Crippen molar-refractivity contribution in [1.82, 2.24) is 0 Å². The van der Waals surface area contributed by atoms with E-state index in [1.54, 1.807) is 19.9 Å². The third-order valence-electron chi connectivity index (χ3n) is 1.30. The molecule has 0 aromatic heterocycles. The summed E-state index contributed by atoms with van der Waals surface area (Å²) in [7, 11) is 0. The second kappa shape index (κ2) is 4.44. The summed E-state index contributed by atoms with van der Waals surface area (Å²) in [6.07, 6.45) is 2.66. The highest BCUT2D eigenvalue weighted by atomic mass is 32.2. The summed E-state index contributed by atoms with van der Waals surface area (Å²) in [5, 5.41) is 8.69. The summed E-state index contributed by atoms with van der Waals surface area (Å²) in [4.78, 5) is 10.6. The molecule has 0 aromatic carbocycles. The number of thioether (sulfide) groups is 1. The first kappa shape index (κ1) is 10.6. The molecule has 0 rings (SSSR count). The minimum Gasteiger partial charge on any atom is -0.480 e. The quantitative estimate of drug-likeness (QED) is 0.512. The van der Waals surface area contributed by atoms with Crippen LogP contribution in [0, 0.1) is 0 Å². The Morgan fingerprint density at radius 2 is 2.27 bits per heavy atom. The van der Waals surface area contributed by atoms with Gasteiger partial charge in [-0.05, 0) is 26.0 Å². The van der Waals surface area contributed by atoms with Crippen molar-refractivity contribution in [2.45, 2.75) is 25.0 Å². The first-order chi connectivity index (χ1) is 5.00. The second-order valence-electron chi connectivity index (χ2n) is 2.74. The number of rotatable bonds is 5. The third-order valence-corrected chi connectivity index (χ3v) is 2.64. The van der Waals surface area contributed by atoms with E-state index in [1.807, 2.05) is 0 Å². The van der Waals surface area contributed by atoms with E-state index in [0.29, 0.717) is 0 Å². The molecule has 0 aliphatic heterocycles. The van der Waals surface area contributed by atoms with E-state index >= 15 is 0 Å². The average molecular weight is 174 g/mol. The highest BCUT2D eigenvalue weighted by Crippen LogP contribution is 2.24. The van der Waals surface area contributed by atoms with Crippen LogP contribution in [0.5, 0.6) is 0 Å². The highest BCUT2D eigenvalue weighted by Gasteiger charge is 2.26. The van der Waals surface area contributed by atoms with Crippen molar-refractivity contribution in [3.8, 4) is 0 Å². The topological polar surface area (TPSA) is 37.3 Å². The Hall–Kier alpha value is -0.440. The summed E-state index contributed by atoms with van der Waals surface area (Å²) < 4.78 is -0.664. The standard InChI is InChI=1S/C8H14O2S/c1-4-5-6-11-8(2,3)7(9)10/h4H,1,5-6H2,2-3H3,(H,9,10). The molecule has 0 aliphatic rings. The largest absolute Gasteiger partial charge is 0.480 e. The summed E-state index contributed by atoms with van der Waals surface area (Å²) in [6.45, 7) is 6.99. The van der Waals surface area contributed by atoms with Gasteiger partial charge in [-0.25, -0.2) is 0 Å². The van der Waals surface area contributed by atoms with Gasteiger partial charge < -0.3 is 5.11 Å². The van der Waals surface area contributed by atoms with Crippen LogP contribution in [0.15, 0.2) is 12.7 Å². The fourth-order valence-corrected chi connectivity index (χ4v) is 1.38. The SMILES string of the molecule is C=CCCSC(C)(C)C(=O)O. The fraction of sp³-hybridized carbons (Fsp3) is 0.625. The Morgan fingerprint density at radius 1 is 1.73 bits per heavy atom. The maximum absolute atomic E-state index is 10.6. The minimum atomic E-state index is -0.758. The summed E-state index contributed by atoms with van der Waals surface area (Å²) in [6, 6.07) is 0. The molecule has 11 heavy (non-hydrogen) atoms. The molecule has 0 heterocycles. The predicted molar refractivity (Wildman–Crippen MR) is 49.0 cm³/mol. The molecule has 1 N–H and O–H groups in total. The Bertz CT molecular complexity index is 152.